The first-order valence-corrected chi connectivity index (χ1v) is 9.82. The van der Waals surface area contributed by atoms with Gasteiger partial charge < -0.3 is 9.84 Å². The zero-order valence-electron chi connectivity index (χ0n) is 17.1. The van der Waals surface area contributed by atoms with E-state index in [1.807, 2.05) is 48.5 Å². The van der Waals surface area contributed by atoms with E-state index < -0.39 is 17.9 Å². The second-order valence-corrected chi connectivity index (χ2v) is 7.90. The summed E-state index contributed by atoms with van der Waals surface area (Å²) >= 11 is 0. The number of aliphatic carboxylic acids is 1. The Morgan fingerprint density at radius 1 is 0.821 bits per heavy atom. The third-order valence-corrected chi connectivity index (χ3v) is 4.91. The van der Waals surface area contributed by atoms with Crippen molar-refractivity contribution in [3.05, 3.63) is 70.8 Å². The molecule has 1 atom stereocenters. The molecule has 0 bridgehead atoms. The van der Waals surface area contributed by atoms with E-state index in [0.717, 1.165) is 11.1 Å². The predicted octanol–water partition coefficient (Wildman–Crippen LogP) is 5.31. The number of carbonyl (C=O) groups is 2. The maximum absolute atomic E-state index is 12.5. The topological polar surface area (TPSA) is 63.6 Å². The lowest BCUT2D eigenvalue weighted by atomic mass is 9.94. The zero-order chi connectivity index (χ0) is 20.7. The quantitative estimate of drug-likeness (QED) is 0.597. The van der Waals surface area contributed by atoms with E-state index in [-0.39, 0.29) is 13.0 Å². The summed E-state index contributed by atoms with van der Waals surface area (Å²) in [5.41, 5.74) is 4.27. The summed E-state index contributed by atoms with van der Waals surface area (Å²) in [5, 5.41) is 9.19. The Morgan fingerprint density at radius 2 is 1.29 bits per heavy atom. The van der Waals surface area contributed by atoms with Crippen LogP contribution in [0.4, 0.5) is 0 Å². The van der Waals surface area contributed by atoms with Gasteiger partial charge in [0.15, 0.2) is 0 Å². The lowest BCUT2D eigenvalue weighted by Gasteiger charge is -2.15. The number of carboxylic acids is 1. The number of carboxylic acid groups (broad SMARTS) is 1. The maximum atomic E-state index is 12.5. The van der Waals surface area contributed by atoms with Crippen LogP contribution in [-0.2, 0) is 27.4 Å². The van der Waals surface area contributed by atoms with E-state index >= 15 is 0 Å². The van der Waals surface area contributed by atoms with Crippen molar-refractivity contribution in [3.63, 3.8) is 0 Å². The molecule has 0 aliphatic heterocycles. The van der Waals surface area contributed by atoms with Gasteiger partial charge in [-0.2, -0.15) is 0 Å². The molecule has 150 valence electrons. The number of hydrogen-bond acceptors (Lipinski definition) is 3. The van der Waals surface area contributed by atoms with Crippen LogP contribution in [0.15, 0.2) is 48.5 Å². The van der Waals surface area contributed by atoms with Crippen molar-refractivity contribution in [2.24, 2.45) is 5.92 Å². The fraction of sp³-hybridized carbons (Fsp3) is 0.417. The SMILES string of the molecule is CC(C)c1ccc(COC(=O)C(CC(=O)O)Cc2ccc(C(C)C)cc2)cc1. The van der Waals surface area contributed by atoms with Crippen LogP contribution in [0.2, 0.25) is 0 Å². The largest absolute Gasteiger partial charge is 0.481 e. The van der Waals surface area contributed by atoms with Gasteiger partial charge in [-0.1, -0.05) is 76.2 Å². The Bertz CT molecular complexity index is 773. The second kappa shape index (κ2) is 10.1. The van der Waals surface area contributed by atoms with E-state index in [4.69, 9.17) is 4.74 Å². The molecule has 4 nitrogen and oxygen atoms in total. The molecule has 0 saturated heterocycles. The molecule has 28 heavy (non-hydrogen) atoms. The Morgan fingerprint density at radius 3 is 1.71 bits per heavy atom. The van der Waals surface area contributed by atoms with Crippen molar-refractivity contribution in [3.8, 4) is 0 Å². The first-order valence-electron chi connectivity index (χ1n) is 9.82. The molecule has 4 heteroatoms. The summed E-state index contributed by atoms with van der Waals surface area (Å²) in [5.74, 6) is -1.29. The number of carbonyl (C=O) groups excluding carboxylic acids is 1. The lowest BCUT2D eigenvalue weighted by Crippen LogP contribution is -2.23. The molecule has 2 rings (SSSR count). The molecule has 0 heterocycles. The van der Waals surface area contributed by atoms with Crippen LogP contribution >= 0.6 is 0 Å². The van der Waals surface area contributed by atoms with Crippen molar-refractivity contribution in [1.29, 1.82) is 0 Å². The second-order valence-electron chi connectivity index (χ2n) is 7.90. The highest BCUT2D eigenvalue weighted by Crippen LogP contribution is 2.20. The Kier molecular flexibility index (Phi) is 7.80. The number of benzene rings is 2. The third-order valence-electron chi connectivity index (χ3n) is 4.91. The lowest BCUT2D eigenvalue weighted by molar-refractivity contribution is -0.154. The molecule has 0 aromatic heterocycles. The highest BCUT2D eigenvalue weighted by molar-refractivity contribution is 5.79. The van der Waals surface area contributed by atoms with Crippen molar-refractivity contribution in [1.82, 2.24) is 0 Å². The van der Waals surface area contributed by atoms with E-state index in [1.54, 1.807) is 0 Å². The first kappa shape index (κ1) is 21.7. The highest BCUT2D eigenvalue weighted by atomic mass is 16.5. The van der Waals surface area contributed by atoms with E-state index in [9.17, 15) is 14.7 Å². The maximum Gasteiger partial charge on any atom is 0.310 e. The van der Waals surface area contributed by atoms with Crippen LogP contribution in [0, 0.1) is 5.92 Å². The van der Waals surface area contributed by atoms with Gasteiger partial charge in [0.05, 0.1) is 12.3 Å². The van der Waals surface area contributed by atoms with Gasteiger partial charge in [0.1, 0.15) is 6.61 Å². The number of hydrogen-bond donors (Lipinski definition) is 1. The fourth-order valence-electron chi connectivity index (χ4n) is 3.04. The van der Waals surface area contributed by atoms with Gasteiger partial charge in [-0.05, 0) is 40.5 Å². The van der Waals surface area contributed by atoms with Gasteiger partial charge in [-0.25, -0.2) is 0 Å². The molecule has 0 spiro atoms. The van der Waals surface area contributed by atoms with Crippen LogP contribution in [0.3, 0.4) is 0 Å². The summed E-state index contributed by atoms with van der Waals surface area (Å²) < 4.78 is 5.42. The van der Waals surface area contributed by atoms with E-state index in [1.165, 1.54) is 11.1 Å². The molecule has 1 N–H and O–H groups in total. The minimum absolute atomic E-state index is 0.152. The summed E-state index contributed by atoms with van der Waals surface area (Å²) in [6, 6.07) is 15.9. The highest BCUT2D eigenvalue weighted by Gasteiger charge is 2.24. The van der Waals surface area contributed by atoms with Crippen LogP contribution in [-0.4, -0.2) is 17.0 Å². The van der Waals surface area contributed by atoms with Crippen LogP contribution < -0.4 is 0 Å². The molecular formula is C24H30O4. The molecule has 1 unspecified atom stereocenters. The molecule has 0 saturated carbocycles. The standard InChI is InChI=1S/C24H30O4/c1-16(2)20-9-5-18(6-10-20)13-22(14-23(25)26)24(27)28-15-19-7-11-21(12-8-19)17(3)4/h5-12,16-17,22H,13-15H2,1-4H3,(H,25,26). The summed E-state index contributed by atoms with van der Waals surface area (Å²) in [4.78, 5) is 23.7. The summed E-state index contributed by atoms with van der Waals surface area (Å²) in [6.45, 7) is 8.64. The van der Waals surface area contributed by atoms with Crippen molar-refractivity contribution < 1.29 is 19.4 Å². The minimum atomic E-state index is -0.998. The molecule has 0 radical (unpaired) electrons. The summed E-state index contributed by atoms with van der Waals surface area (Å²) in [6.07, 6.45) is 0.118. The van der Waals surface area contributed by atoms with Gasteiger partial charge in [0, 0.05) is 0 Å². The Labute approximate surface area is 167 Å². The van der Waals surface area contributed by atoms with E-state index in [0.29, 0.717) is 18.3 Å². The Hall–Kier alpha value is -2.62. The van der Waals surface area contributed by atoms with Gasteiger partial charge in [0.25, 0.3) is 0 Å². The molecular weight excluding hydrogens is 352 g/mol. The molecule has 0 aliphatic rings. The predicted molar refractivity (Wildman–Crippen MR) is 110 cm³/mol. The smallest absolute Gasteiger partial charge is 0.310 e. The minimum Gasteiger partial charge on any atom is -0.481 e. The Balaban J connectivity index is 2.00. The van der Waals surface area contributed by atoms with Crippen molar-refractivity contribution >= 4 is 11.9 Å². The van der Waals surface area contributed by atoms with Crippen LogP contribution in [0.1, 0.15) is 68.2 Å². The normalized spacial score (nSPS) is 12.2. The zero-order valence-corrected chi connectivity index (χ0v) is 17.1. The monoisotopic (exact) mass is 382 g/mol. The summed E-state index contributed by atoms with van der Waals surface area (Å²) in [7, 11) is 0. The molecule has 2 aromatic rings. The number of ether oxygens (including phenoxy) is 1. The molecule has 0 aliphatic carbocycles. The average molecular weight is 383 g/mol. The fourth-order valence-corrected chi connectivity index (χ4v) is 3.04. The van der Waals surface area contributed by atoms with Crippen molar-refractivity contribution in [2.75, 3.05) is 0 Å². The van der Waals surface area contributed by atoms with Crippen molar-refractivity contribution in [2.45, 2.75) is 59.0 Å². The molecule has 2 aromatic carbocycles. The van der Waals surface area contributed by atoms with Gasteiger partial charge in [0.2, 0.25) is 0 Å². The van der Waals surface area contributed by atoms with E-state index in [2.05, 4.69) is 27.7 Å². The first-order chi connectivity index (χ1) is 13.3. The van der Waals surface area contributed by atoms with Crippen LogP contribution in [0.25, 0.3) is 0 Å². The number of esters is 1. The number of rotatable bonds is 9. The molecule has 0 fully saturated rings. The van der Waals surface area contributed by atoms with Gasteiger partial charge in [-0.15, -0.1) is 0 Å². The average Bonchev–Trinajstić information content (AvgIpc) is 2.66. The van der Waals surface area contributed by atoms with Gasteiger partial charge >= 0.3 is 11.9 Å². The third kappa shape index (κ3) is 6.52. The van der Waals surface area contributed by atoms with Gasteiger partial charge in [-0.3, -0.25) is 9.59 Å². The molecule has 0 amide bonds. The van der Waals surface area contributed by atoms with Crippen LogP contribution in [0.5, 0.6) is 0 Å².